The minimum absolute atomic E-state index is 0.232. The lowest BCUT2D eigenvalue weighted by atomic mass is 10.2. The van der Waals surface area contributed by atoms with Gasteiger partial charge in [-0.05, 0) is 18.2 Å². The van der Waals surface area contributed by atoms with E-state index in [1.807, 2.05) is 4.90 Å². The summed E-state index contributed by atoms with van der Waals surface area (Å²) in [6.07, 6.45) is 0. The lowest BCUT2D eigenvalue weighted by molar-refractivity contribution is 0.114. The van der Waals surface area contributed by atoms with Crippen LogP contribution in [-0.4, -0.2) is 24.0 Å². The number of fused-ring (bicyclic) bond motifs is 1. The van der Waals surface area contributed by atoms with Crippen LogP contribution in [0, 0.1) is 5.82 Å². The first-order valence-corrected chi connectivity index (χ1v) is 5.79. The molecule has 2 N–H and O–H groups in total. The quantitative estimate of drug-likeness (QED) is 0.583. The maximum Gasteiger partial charge on any atom is 0.148 e. The molecule has 1 aromatic carbocycles. The number of ether oxygens (including phenoxy) is 1. The monoisotopic (exact) mass is 226 g/mol. The van der Waals surface area contributed by atoms with E-state index in [9.17, 15) is 4.39 Å². The number of nitrogen functional groups attached to an aromatic ring is 1. The van der Waals surface area contributed by atoms with Crippen molar-refractivity contribution in [3.8, 4) is 0 Å². The highest BCUT2D eigenvalue weighted by molar-refractivity contribution is 8.07. The maximum atomic E-state index is 13.7. The molecule has 2 saturated heterocycles. The first kappa shape index (κ1) is 9.30. The number of nitrogens with two attached hydrogens (primary N) is 1. The molecular formula is C10H11FN2OS. The number of hydrogen-bond acceptors (Lipinski definition) is 4. The summed E-state index contributed by atoms with van der Waals surface area (Å²) in [5, 5.41) is 0.289. The minimum atomic E-state index is -0.247. The Bertz CT molecular complexity index is 401. The average molecular weight is 226 g/mol. The fourth-order valence-corrected chi connectivity index (χ4v) is 2.79. The van der Waals surface area contributed by atoms with Gasteiger partial charge in [-0.15, -0.1) is 0 Å². The van der Waals surface area contributed by atoms with E-state index in [1.54, 1.807) is 23.9 Å². The molecule has 2 aliphatic heterocycles. The highest BCUT2D eigenvalue weighted by Gasteiger charge is 2.47. The van der Waals surface area contributed by atoms with Crippen LogP contribution in [-0.2, 0) is 4.74 Å². The third-order valence-corrected chi connectivity index (χ3v) is 3.76. The van der Waals surface area contributed by atoms with Gasteiger partial charge in [-0.2, -0.15) is 0 Å². The predicted molar refractivity (Wildman–Crippen MR) is 59.3 cm³/mol. The molecule has 5 heteroatoms. The molecule has 0 saturated carbocycles. The summed E-state index contributed by atoms with van der Waals surface area (Å²) in [4.78, 5) is 2.05. The molecule has 2 fully saturated rings. The number of benzene rings is 1. The van der Waals surface area contributed by atoms with E-state index in [1.165, 1.54) is 6.07 Å². The van der Waals surface area contributed by atoms with Gasteiger partial charge in [0.05, 0.1) is 12.3 Å². The van der Waals surface area contributed by atoms with E-state index in [0.29, 0.717) is 18.0 Å². The van der Waals surface area contributed by atoms with Gasteiger partial charge < -0.3 is 15.4 Å². The van der Waals surface area contributed by atoms with Gasteiger partial charge in [0.15, 0.2) is 0 Å². The van der Waals surface area contributed by atoms with Crippen LogP contribution in [0.2, 0.25) is 0 Å². The van der Waals surface area contributed by atoms with Gasteiger partial charge >= 0.3 is 0 Å². The van der Waals surface area contributed by atoms with Crippen molar-refractivity contribution in [3.63, 3.8) is 0 Å². The van der Waals surface area contributed by atoms with Gasteiger partial charge in [0.25, 0.3) is 0 Å². The molecule has 3 rings (SSSR count). The Morgan fingerprint density at radius 2 is 2.40 bits per heavy atom. The Hall–Kier alpha value is -0.940. The van der Waals surface area contributed by atoms with Crippen molar-refractivity contribution in [1.82, 2.24) is 0 Å². The number of rotatable bonds is 1. The zero-order valence-electron chi connectivity index (χ0n) is 8.02. The second-order valence-electron chi connectivity index (χ2n) is 3.67. The third-order valence-electron chi connectivity index (χ3n) is 2.63. The van der Waals surface area contributed by atoms with Crippen LogP contribution < -0.4 is 10.6 Å². The van der Waals surface area contributed by atoms with Crippen molar-refractivity contribution in [2.75, 3.05) is 23.8 Å². The fourth-order valence-electron chi connectivity index (χ4n) is 1.84. The van der Waals surface area contributed by atoms with Gasteiger partial charge in [0.1, 0.15) is 16.6 Å². The average Bonchev–Trinajstić information content (AvgIpc) is 2.96. The number of nitrogens with zero attached hydrogens (tertiary/aromatic N) is 1. The van der Waals surface area contributed by atoms with Gasteiger partial charge in [-0.25, -0.2) is 4.39 Å². The predicted octanol–water partition coefficient (Wildman–Crippen LogP) is 1.64. The highest BCUT2D eigenvalue weighted by Crippen LogP contribution is 2.48. The molecule has 3 nitrogen and oxygen atoms in total. The van der Waals surface area contributed by atoms with Crippen molar-refractivity contribution >= 4 is 23.1 Å². The van der Waals surface area contributed by atoms with Crippen LogP contribution in [0.3, 0.4) is 0 Å². The summed E-state index contributed by atoms with van der Waals surface area (Å²) in [6.45, 7) is 1.41. The third kappa shape index (κ3) is 1.55. The Kier molecular flexibility index (Phi) is 2.03. The lowest BCUT2D eigenvalue weighted by Gasteiger charge is -2.27. The number of halogens is 1. The molecule has 2 heterocycles. The lowest BCUT2D eigenvalue weighted by Crippen LogP contribution is -2.37. The topological polar surface area (TPSA) is 38.5 Å². The Morgan fingerprint density at radius 3 is 3.20 bits per heavy atom. The van der Waals surface area contributed by atoms with Crippen molar-refractivity contribution in [3.05, 3.63) is 24.0 Å². The van der Waals surface area contributed by atoms with Crippen molar-refractivity contribution in [2.45, 2.75) is 10.8 Å². The van der Waals surface area contributed by atoms with E-state index in [0.717, 1.165) is 6.54 Å². The molecule has 80 valence electrons. The first-order chi connectivity index (χ1) is 7.25. The normalized spacial score (nSPS) is 28.7. The van der Waals surface area contributed by atoms with E-state index in [4.69, 9.17) is 10.5 Å². The Balaban J connectivity index is 1.91. The van der Waals surface area contributed by atoms with Gasteiger partial charge in [0, 0.05) is 12.2 Å². The van der Waals surface area contributed by atoms with E-state index >= 15 is 0 Å². The summed E-state index contributed by atoms with van der Waals surface area (Å²) < 4.78 is 19.1. The molecule has 0 aliphatic carbocycles. The van der Waals surface area contributed by atoms with Crippen LogP contribution in [0.4, 0.5) is 15.8 Å². The molecule has 2 atom stereocenters. The van der Waals surface area contributed by atoms with Gasteiger partial charge in [-0.3, -0.25) is 0 Å². The summed E-state index contributed by atoms with van der Waals surface area (Å²) >= 11 is 1.72. The zero-order chi connectivity index (χ0) is 10.4. The number of thioether (sulfide) groups is 1. The fraction of sp³-hybridized carbons (Fsp3) is 0.400. The van der Waals surface area contributed by atoms with Crippen LogP contribution in [0.15, 0.2) is 18.2 Å². The summed E-state index contributed by atoms with van der Waals surface area (Å²) in [6, 6.07) is 4.84. The Labute approximate surface area is 91.4 Å². The molecular weight excluding hydrogens is 215 g/mol. The molecule has 0 spiro atoms. The molecule has 0 bridgehead atoms. The van der Waals surface area contributed by atoms with Crippen LogP contribution in [0.25, 0.3) is 0 Å². The van der Waals surface area contributed by atoms with Crippen molar-refractivity contribution < 1.29 is 9.13 Å². The second-order valence-corrected chi connectivity index (χ2v) is 4.89. The highest BCUT2D eigenvalue weighted by atomic mass is 32.2. The number of hydrogen-bond donors (Lipinski definition) is 1. The van der Waals surface area contributed by atoms with Crippen LogP contribution in [0.5, 0.6) is 0 Å². The summed E-state index contributed by atoms with van der Waals surface area (Å²) in [7, 11) is 0. The van der Waals surface area contributed by atoms with E-state index in [-0.39, 0.29) is 16.6 Å². The van der Waals surface area contributed by atoms with Crippen LogP contribution >= 0.6 is 11.8 Å². The van der Waals surface area contributed by atoms with Crippen molar-refractivity contribution in [1.29, 1.82) is 0 Å². The molecule has 2 unspecified atom stereocenters. The first-order valence-electron chi connectivity index (χ1n) is 4.84. The molecule has 0 radical (unpaired) electrons. The molecule has 1 aromatic rings. The molecule has 2 aliphatic rings. The van der Waals surface area contributed by atoms with Crippen molar-refractivity contribution in [2.24, 2.45) is 0 Å². The molecule has 15 heavy (non-hydrogen) atoms. The minimum Gasteiger partial charge on any atom is -0.399 e. The Morgan fingerprint density at radius 1 is 1.53 bits per heavy atom. The van der Waals surface area contributed by atoms with Gasteiger partial charge in [-0.1, -0.05) is 11.8 Å². The largest absolute Gasteiger partial charge is 0.399 e. The molecule has 0 amide bonds. The SMILES string of the molecule is Nc1ccc(N2CCOC3SC32)c(F)c1. The summed E-state index contributed by atoms with van der Waals surface area (Å²) in [5.41, 5.74) is 6.84. The standard InChI is InChI=1S/C10H11FN2OS/c11-7-5-6(12)1-2-8(7)13-3-4-14-10-9(13)15-10/h1-2,5,9-10H,3-4,12H2. The number of morpholine rings is 1. The van der Waals surface area contributed by atoms with Crippen LogP contribution in [0.1, 0.15) is 0 Å². The smallest absolute Gasteiger partial charge is 0.148 e. The number of anilines is 2. The van der Waals surface area contributed by atoms with Gasteiger partial charge in [0.2, 0.25) is 0 Å². The summed E-state index contributed by atoms with van der Waals surface area (Å²) in [5.74, 6) is -0.247. The zero-order valence-corrected chi connectivity index (χ0v) is 8.84. The molecule has 0 aromatic heterocycles. The second kappa shape index (κ2) is 3.28. The van der Waals surface area contributed by atoms with E-state index in [2.05, 4.69) is 0 Å². The van der Waals surface area contributed by atoms with E-state index < -0.39 is 0 Å². The maximum absolute atomic E-state index is 13.7.